The number of rotatable bonds is 1. The van der Waals surface area contributed by atoms with Crippen molar-refractivity contribution in [3.05, 3.63) is 35.5 Å². The van der Waals surface area contributed by atoms with Crippen molar-refractivity contribution in [1.82, 2.24) is 9.97 Å². The number of hydrogen-bond acceptors (Lipinski definition) is 1. The summed E-state index contributed by atoms with van der Waals surface area (Å²) in [6, 6.07) is 7.72. The molecule has 1 aromatic carbocycles. The van der Waals surface area contributed by atoms with Crippen molar-refractivity contribution >= 4 is 27.9 Å². The molecule has 80 valence electrons. The number of fused-ring (bicyclic) bond motifs is 3. The number of aryl methyl sites for hydroxylation is 1. The minimum Gasteiger partial charge on any atom is -0.477 e. The number of H-pyrrole nitrogens is 2. The van der Waals surface area contributed by atoms with E-state index in [-0.39, 0.29) is 5.69 Å². The number of carbonyl (C=O) groups is 1. The lowest BCUT2D eigenvalue weighted by molar-refractivity contribution is 0.0691. The largest absolute Gasteiger partial charge is 0.477 e. The Bertz CT molecular complexity index is 706. The molecule has 3 aromatic rings. The second-order valence-electron chi connectivity index (χ2n) is 3.95. The van der Waals surface area contributed by atoms with Gasteiger partial charge in [0.2, 0.25) is 0 Å². The number of carboxylic acids is 1. The van der Waals surface area contributed by atoms with Crippen molar-refractivity contribution in [2.24, 2.45) is 0 Å². The van der Waals surface area contributed by atoms with Crippen molar-refractivity contribution in [1.29, 1.82) is 0 Å². The van der Waals surface area contributed by atoms with Gasteiger partial charge in [-0.3, -0.25) is 0 Å². The van der Waals surface area contributed by atoms with Crippen LogP contribution < -0.4 is 0 Å². The van der Waals surface area contributed by atoms with Crippen LogP contribution in [-0.2, 0) is 0 Å². The molecule has 0 aliphatic rings. The van der Waals surface area contributed by atoms with E-state index in [0.29, 0.717) is 0 Å². The van der Waals surface area contributed by atoms with E-state index in [0.717, 1.165) is 21.9 Å². The third-order valence-corrected chi connectivity index (χ3v) is 2.77. The summed E-state index contributed by atoms with van der Waals surface area (Å²) in [5.74, 6) is -0.940. The van der Waals surface area contributed by atoms with Crippen LogP contribution in [0.15, 0.2) is 24.3 Å². The van der Waals surface area contributed by atoms with Crippen LogP contribution in [0.3, 0.4) is 0 Å². The Morgan fingerprint density at radius 2 is 2.00 bits per heavy atom. The van der Waals surface area contributed by atoms with Gasteiger partial charge in [0.1, 0.15) is 11.3 Å². The van der Waals surface area contributed by atoms with Gasteiger partial charge in [-0.25, -0.2) is 4.79 Å². The van der Waals surface area contributed by atoms with Gasteiger partial charge in [-0.2, -0.15) is 0 Å². The first-order valence-electron chi connectivity index (χ1n) is 4.99. The van der Waals surface area contributed by atoms with Crippen LogP contribution in [0.4, 0.5) is 0 Å². The van der Waals surface area contributed by atoms with E-state index in [2.05, 4.69) is 9.97 Å². The van der Waals surface area contributed by atoms with Gasteiger partial charge in [0, 0.05) is 16.3 Å². The van der Waals surface area contributed by atoms with Crippen LogP contribution in [0.25, 0.3) is 21.9 Å². The SMILES string of the molecule is Cc1ccc2c(c1)[nH]c1[nH]c(C(=O)O)cc12. The molecule has 0 amide bonds. The number of hydrogen-bond donors (Lipinski definition) is 3. The molecule has 3 rings (SSSR count). The lowest BCUT2D eigenvalue weighted by Crippen LogP contribution is -1.95. The fourth-order valence-electron chi connectivity index (χ4n) is 2.01. The molecule has 2 heterocycles. The molecule has 4 heteroatoms. The lowest BCUT2D eigenvalue weighted by Gasteiger charge is -1.92. The summed E-state index contributed by atoms with van der Waals surface area (Å²) in [6.07, 6.45) is 0. The zero-order valence-corrected chi connectivity index (χ0v) is 8.66. The zero-order chi connectivity index (χ0) is 11.3. The van der Waals surface area contributed by atoms with Crippen LogP contribution in [0, 0.1) is 6.92 Å². The smallest absolute Gasteiger partial charge is 0.352 e. The number of nitrogens with one attached hydrogen (secondary N) is 2. The summed E-state index contributed by atoms with van der Waals surface area (Å²) < 4.78 is 0. The molecule has 4 nitrogen and oxygen atoms in total. The van der Waals surface area contributed by atoms with Crippen molar-refractivity contribution in [3.63, 3.8) is 0 Å². The molecule has 16 heavy (non-hydrogen) atoms. The van der Waals surface area contributed by atoms with Crippen LogP contribution >= 0.6 is 0 Å². The van der Waals surface area contributed by atoms with E-state index < -0.39 is 5.97 Å². The average Bonchev–Trinajstić information content (AvgIpc) is 2.73. The molecule has 0 saturated heterocycles. The molecule has 3 N–H and O–H groups in total. The highest BCUT2D eigenvalue weighted by Crippen LogP contribution is 2.26. The van der Waals surface area contributed by atoms with Gasteiger partial charge in [0.15, 0.2) is 0 Å². The maximum absolute atomic E-state index is 10.8. The first kappa shape index (κ1) is 9.03. The van der Waals surface area contributed by atoms with E-state index in [1.807, 2.05) is 25.1 Å². The Morgan fingerprint density at radius 3 is 2.75 bits per heavy atom. The highest BCUT2D eigenvalue weighted by Gasteiger charge is 2.11. The Kier molecular flexibility index (Phi) is 1.63. The molecule has 0 unspecified atom stereocenters. The second kappa shape index (κ2) is 2.88. The van der Waals surface area contributed by atoms with Gasteiger partial charge >= 0.3 is 5.97 Å². The summed E-state index contributed by atoms with van der Waals surface area (Å²) in [7, 11) is 0. The van der Waals surface area contributed by atoms with E-state index in [4.69, 9.17) is 5.11 Å². The first-order chi connectivity index (χ1) is 7.65. The summed E-state index contributed by atoms with van der Waals surface area (Å²) in [5, 5.41) is 10.8. The number of benzene rings is 1. The Hall–Kier alpha value is -2.23. The number of aromatic nitrogens is 2. The van der Waals surface area contributed by atoms with E-state index in [9.17, 15) is 4.79 Å². The van der Waals surface area contributed by atoms with Crippen molar-refractivity contribution in [3.8, 4) is 0 Å². The highest BCUT2D eigenvalue weighted by atomic mass is 16.4. The van der Waals surface area contributed by atoms with Gasteiger partial charge in [-0.05, 0) is 24.6 Å². The highest BCUT2D eigenvalue weighted by molar-refractivity contribution is 6.09. The summed E-state index contributed by atoms with van der Waals surface area (Å²) >= 11 is 0. The first-order valence-corrected chi connectivity index (χ1v) is 4.99. The molecule has 0 saturated carbocycles. The summed E-state index contributed by atoms with van der Waals surface area (Å²) in [6.45, 7) is 2.03. The summed E-state index contributed by atoms with van der Waals surface area (Å²) in [5.41, 5.74) is 3.18. The molecule has 2 aromatic heterocycles. The topological polar surface area (TPSA) is 68.9 Å². The lowest BCUT2D eigenvalue weighted by atomic mass is 10.1. The fourth-order valence-corrected chi connectivity index (χ4v) is 2.01. The van der Waals surface area contributed by atoms with E-state index in [1.54, 1.807) is 6.07 Å². The Labute approximate surface area is 90.9 Å². The quantitative estimate of drug-likeness (QED) is 0.582. The molecule has 0 radical (unpaired) electrons. The van der Waals surface area contributed by atoms with Crippen LogP contribution in [0.5, 0.6) is 0 Å². The van der Waals surface area contributed by atoms with Crippen molar-refractivity contribution < 1.29 is 9.90 Å². The van der Waals surface area contributed by atoms with Crippen LogP contribution in [-0.4, -0.2) is 21.0 Å². The van der Waals surface area contributed by atoms with Gasteiger partial charge < -0.3 is 15.1 Å². The van der Waals surface area contributed by atoms with Crippen molar-refractivity contribution in [2.75, 3.05) is 0 Å². The molecule has 0 atom stereocenters. The van der Waals surface area contributed by atoms with Crippen LogP contribution in [0.2, 0.25) is 0 Å². The van der Waals surface area contributed by atoms with Gasteiger partial charge in [0.25, 0.3) is 0 Å². The standard InChI is InChI=1S/C12H10N2O2/c1-6-2-3-7-8-5-10(12(15)16)14-11(8)13-9(7)4-6/h2-5,13-14H,1H3,(H,15,16). The Morgan fingerprint density at radius 1 is 1.19 bits per heavy atom. The van der Waals surface area contributed by atoms with Crippen LogP contribution in [0.1, 0.15) is 16.1 Å². The minimum atomic E-state index is -0.940. The number of carboxylic acid groups (broad SMARTS) is 1. The maximum Gasteiger partial charge on any atom is 0.352 e. The fraction of sp³-hybridized carbons (Fsp3) is 0.0833. The molecule has 0 spiro atoms. The van der Waals surface area contributed by atoms with Gasteiger partial charge in [-0.1, -0.05) is 12.1 Å². The van der Waals surface area contributed by atoms with Gasteiger partial charge in [-0.15, -0.1) is 0 Å². The third kappa shape index (κ3) is 1.13. The Balaban J connectivity index is 2.38. The molecule has 0 aliphatic carbocycles. The molecule has 0 aliphatic heterocycles. The second-order valence-corrected chi connectivity index (χ2v) is 3.95. The number of aromatic amines is 2. The van der Waals surface area contributed by atoms with Gasteiger partial charge in [0.05, 0.1) is 0 Å². The third-order valence-electron chi connectivity index (χ3n) is 2.77. The summed E-state index contributed by atoms with van der Waals surface area (Å²) in [4.78, 5) is 16.8. The average molecular weight is 214 g/mol. The molecule has 0 bridgehead atoms. The maximum atomic E-state index is 10.8. The van der Waals surface area contributed by atoms with E-state index >= 15 is 0 Å². The number of aromatic carboxylic acids is 1. The minimum absolute atomic E-state index is 0.212. The predicted octanol–water partition coefficient (Wildman–Crippen LogP) is 2.66. The normalized spacial score (nSPS) is 11.3. The predicted molar refractivity (Wildman–Crippen MR) is 61.9 cm³/mol. The monoisotopic (exact) mass is 214 g/mol. The molecular formula is C12H10N2O2. The van der Waals surface area contributed by atoms with Crippen molar-refractivity contribution in [2.45, 2.75) is 6.92 Å². The molecule has 0 fully saturated rings. The van der Waals surface area contributed by atoms with E-state index in [1.165, 1.54) is 5.56 Å². The molecular weight excluding hydrogens is 204 g/mol. The zero-order valence-electron chi connectivity index (χ0n) is 8.66.